The molecule has 4 rings (SSSR count). The summed E-state index contributed by atoms with van der Waals surface area (Å²) in [4.78, 5) is 28.9. The summed E-state index contributed by atoms with van der Waals surface area (Å²) in [5.41, 5.74) is 5.00. The van der Waals surface area contributed by atoms with Crippen LogP contribution in [0.1, 0.15) is 90.4 Å². The number of hydrogen-bond acceptors (Lipinski definition) is 3. The summed E-state index contributed by atoms with van der Waals surface area (Å²) >= 11 is 0. The van der Waals surface area contributed by atoms with E-state index in [1.165, 1.54) is 5.56 Å². The molecule has 0 N–H and O–H groups in total. The molecule has 1 unspecified atom stereocenters. The lowest BCUT2D eigenvalue weighted by atomic mass is 9.94. The van der Waals surface area contributed by atoms with Crippen LogP contribution in [0.4, 0.5) is 0 Å². The molecule has 0 fully saturated rings. The van der Waals surface area contributed by atoms with Crippen molar-refractivity contribution in [1.82, 2.24) is 4.90 Å². The van der Waals surface area contributed by atoms with Crippen molar-refractivity contribution in [1.29, 1.82) is 0 Å². The second kappa shape index (κ2) is 8.33. The molecule has 0 saturated heterocycles. The standard InChI is InChI=1S/C27H31NO3/c1-6-7-8-13-28-24(20-11-9-19(10-12-20)16(2)3)23-25(29)22-18(5)14-17(4)15-21(22)31-26(23)27(28)30/h9-12,14-16,24H,6-8,13H2,1-5H3. The molecular formula is C27H31NO3. The molecule has 1 atom stereocenters. The average Bonchev–Trinajstić information content (AvgIpc) is 3.00. The van der Waals surface area contributed by atoms with E-state index >= 15 is 0 Å². The highest BCUT2D eigenvalue weighted by Gasteiger charge is 2.42. The Bertz CT molecular complexity index is 1190. The second-order valence-corrected chi connectivity index (χ2v) is 9.06. The van der Waals surface area contributed by atoms with Crippen LogP contribution in [-0.4, -0.2) is 17.4 Å². The summed E-state index contributed by atoms with van der Waals surface area (Å²) in [5, 5.41) is 0.580. The van der Waals surface area contributed by atoms with Gasteiger partial charge in [-0.25, -0.2) is 0 Å². The third-order valence-electron chi connectivity index (χ3n) is 6.33. The largest absolute Gasteiger partial charge is 0.450 e. The minimum absolute atomic E-state index is 0.0852. The molecule has 1 amide bonds. The zero-order valence-corrected chi connectivity index (χ0v) is 19.1. The van der Waals surface area contributed by atoms with E-state index in [1.54, 1.807) is 0 Å². The van der Waals surface area contributed by atoms with Gasteiger partial charge in [-0.2, -0.15) is 0 Å². The number of benzene rings is 2. The molecule has 1 aliphatic rings. The molecule has 162 valence electrons. The highest BCUT2D eigenvalue weighted by molar-refractivity contribution is 5.99. The molecule has 1 aliphatic heterocycles. The zero-order valence-electron chi connectivity index (χ0n) is 19.1. The number of nitrogens with zero attached hydrogens (tertiary/aromatic N) is 1. The summed E-state index contributed by atoms with van der Waals surface area (Å²) < 4.78 is 6.12. The van der Waals surface area contributed by atoms with Crippen LogP contribution in [-0.2, 0) is 0 Å². The number of carbonyl (C=O) groups excluding carboxylic acids is 1. The van der Waals surface area contributed by atoms with Crippen LogP contribution < -0.4 is 5.43 Å². The topological polar surface area (TPSA) is 50.5 Å². The molecule has 4 nitrogen and oxygen atoms in total. The quantitative estimate of drug-likeness (QED) is 0.444. The Morgan fingerprint density at radius 1 is 1.03 bits per heavy atom. The second-order valence-electron chi connectivity index (χ2n) is 9.06. The van der Waals surface area contributed by atoms with E-state index in [9.17, 15) is 9.59 Å². The van der Waals surface area contributed by atoms with E-state index in [0.717, 1.165) is 36.0 Å². The van der Waals surface area contributed by atoms with Gasteiger partial charge in [0.25, 0.3) is 5.91 Å². The van der Waals surface area contributed by atoms with Crippen molar-refractivity contribution in [3.63, 3.8) is 0 Å². The van der Waals surface area contributed by atoms with E-state index in [2.05, 4.69) is 45.0 Å². The maximum absolute atomic E-state index is 13.7. The number of unbranched alkanes of at least 4 members (excludes halogenated alkanes) is 2. The van der Waals surface area contributed by atoms with Crippen molar-refractivity contribution >= 4 is 16.9 Å². The summed E-state index contributed by atoms with van der Waals surface area (Å²) in [7, 11) is 0. The average molecular weight is 418 g/mol. The number of amides is 1. The number of rotatable bonds is 6. The van der Waals surface area contributed by atoms with Gasteiger partial charge >= 0.3 is 0 Å². The van der Waals surface area contributed by atoms with Crippen molar-refractivity contribution in [2.24, 2.45) is 0 Å². The Balaban J connectivity index is 1.92. The molecule has 2 heterocycles. The maximum atomic E-state index is 13.7. The summed E-state index contributed by atoms with van der Waals surface area (Å²) in [6, 6.07) is 11.8. The Labute approximate surface area is 183 Å². The third kappa shape index (κ3) is 3.69. The van der Waals surface area contributed by atoms with Gasteiger partial charge in [0.05, 0.1) is 17.0 Å². The lowest BCUT2D eigenvalue weighted by Crippen LogP contribution is -2.30. The van der Waals surface area contributed by atoms with E-state index in [4.69, 9.17) is 4.42 Å². The fraction of sp³-hybridized carbons (Fsp3) is 0.407. The van der Waals surface area contributed by atoms with Crippen LogP contribution in [0.5, 0.6) is 0 Å². The lowest BCUT2D eigenvalue weighted by Gasteiger charge is -2.25. The lowest BCUT2D eigenvalue weighted by molar-refractivity contribution is 0.0724. The van der Waals surface area contributed by atoms with Crippen LogP contribution in [0.25, 0.3) is 11.0 Å². The molecule has 0 bridgehead atoms. The molecule has 0 saturated carbocycles. The number of fused-ring (bicyclic) bond motifs is 2. The third-order valence-corrected chi connectivity index (χ3v) is 6.33. The van der Waals surface area contributed by atoms with Gasteiger partial charge in [0.1, 0.15) is 5.58 Å². The van der Waals surface area contributed by atoms with Crippen LogP contribution in [0, 0.1) is 13.8 Å². The van der Waals surface area contributed by atoms with Crippen LogP contribution in [0.3, 0.4) is 0 Å². The highest BCUT2D eigenvalue weighted by Crippen LogP contribution is 2.39. The van der Waals surface area contributed by atoms with Crippen molar-refractivity contribution in [2.75, 3.05) is 6.54 Å². The van der Waals surface area contributed by atoms with E-state index in [0.29, 0.717) is 29.0 Å². The summed E-state index contributed by atoms with van der Waals surface area (Å²) in [5.74, 6) is 0.450. The van der Waals surface area contributed by atoms with Crippen LogP contribution in [0.15, 0.2) is 45.6 Å². The minimum Gasteiger partial charge on any atom is -0.450 e. The van der Waals surface area contributed by atoms with Gasteiger partial charge in [-0.1, -0.05) is 63.9 Å². The fourth-order valence-electron chi connectivity index (χ4n) is 4.69. The summed E-state index contributed by atoms with van der Waals surface area (Å²) in [6.45, 7) is 11.0. The first-order valence-electron chi connectivity index (χ1n) is 11.3. The monoisotopic (exact) mass is 417 g/mol. The highest BCUT2D eigenvalue weighted by atomic mass is 16.3. The minimum atomic E-state index is -0.401. The molecule has 3 aromatic rings. The first-order valence-corrected chi connectivity index (χ1v) is 11.3. The molecule has 0 radical (unpaired) electrons. The van der Waals surface area contributed by atoms with E-state index in [-0.39, 0.29) is 17.1 Å². The van der Waals surface area contributed by atoms with Crippen molar-refractivity contribution < 1.29 is 9.21 Å². The summed E-state index contributed by atoms with van der Waals surface area (Å²) in [6.07, 6.45) is 3.02. The SMILES string of the molecule is CCCCCN1C(=O)c2oc3cc(C)cc(C)c3c(=O)c2C1c1ccc(C(C)C)cc1. The van der Waals surface area contributed by atoms with Crippen molar-refractivity contribution in [2.45, 2.75) is 65.8 Å². The fourth-order valence-corrected chi connectivity index (χ4v) is 4.69. The maximum Gasteiger partial charge on any atom is 0.290 e. The normalized spacial score (nSPS) is 15.9. The van der Waals surface area contributed by atoms with Crippen molar-refractivity contribution in [3.05, 3.63) is 80.2 Å². The number of hydrogen-bond donors (Lipinski definition) is 0. The molecule has 2 aromatic carbocycles. The van der Waals surface area contributed by atoms with Gasteiger partial charge in [0, 0.05) is 6.54 Å². The Kier molecular flexibility index (Phi) is 5.74. The zero-order chi connectivity index (χ0) is 22.3. The first-order chi connectivity index (χ1) is 14.8. The van der Waals surface area contributed by atoms with Crippen LogP contribution in [0.2, 0.25) is 0 Å². The van der Waals surface area contributed by atoms with Crippen molar-refractivity contribution in [3.8, 4) is 0 Å². The molecular weight excluding hydrogens is 386 g/mol. The smallest absolute Gasteiger partial charge is 0.290 e. The van der Waals surface area contributed by atoms with Gasteiger partial charge in [0.2, 0.25) is 5.76 Å². The van der Waals surface area contributed by atoms with E-state index < -0.39 is 6.04 Å². The molecule has 0 spiro atoms. The number of aryl methyl sites for hydroxylation is 2. The molecule has 4 heteroatoms. The Morgan fingerprint density at radius 3 is 2.39 bits per heavy atom. The van der Waals surface area contributed by atoms with Gasteiger partial charge in [-0.3, -0.25) is 9.59 Å². The van der Waals surface area contributed by atoms with Gasteiger partial charge in [-0.05, 0) is 54.5 Å². The first kappa shape index (κ1) is 21.4. The molecule has 31 heavy (non-hydrogen) atoms. The Morgan fingerprint density at radius 2 is 1.74 bits per heavy atom. The van der Waals surface area contributed by atoms with E-state index in [1.807, 2.05) is 30.9 Å². The predicted octanol–water partition coefficient (Wildman–Crippen LogP) is 6.27. The van der Waals surface area contributed by atoms with Crippen LogP contribution >= 0.6 is 0 Å². The molecule has 1 aromatic heterocycles. The van der Waals surface area contributed by atoms with Gasteiger partial charge < -0.3 is 9.32 Å². The molecule has 0 aliphatic carbocycles. The Hall–Kier alpha value is -2.88. The van der Waals surface area contributed by atoms with Gasteiger partial charge in [-0.15, -0.1) is 0 Å². The number of carbonyl (C=O) groups is 1. The van der Waals surface area contributed by atoms with Gasteiger partial charge in [0.15, 0.2) is 5.43 Å². The predicted molar refractivity (Wildman–Crippen MR) is 125 cm³/mol.